The molecule has 3 rings (SSSR count). The predicted molar refractivity (Wildman–Crippen MR) is 71.7 cm³/mol. The molecule has 1 heterocycles. The van der Waals surface area contributed by atoms with Gasteiger partial charge in [-0.3, -0.25) is 0 Å². The van der Waals surface area contributed by atoms with Crippen molar-refractivity contribution in [2.24, 2.45) is 0 Å². The van der Waals surface area contributed by atoms with Crippen LogP contribution in [0.5, 0.6) is 5.75 Å². The Bertz CT molecular complexity index is 647. The molecule has 0 saturated carbocycles. The predicted octanol–water partition coefficient (Wildman–Crippen LogP) is 3.07. The summed E-state index contributed by atoms with van der Waals surface area (Å²) in [5, 5.41) is 0. The first-order valence-corrected chi connectivity index (χ1v) is 7.03. The second kappa shape index (κ2) is 4.25. The first-order valence-electron chi connectivity index (χ1n) is 5.88. The largest absolute Gasteiger partial charge is 0.496 e. The Kier molecular flexibility index (Phi) is 2.71. The Morgan fingerprint density at radius 2 is 1.89 bits per heavy atom. The van der Waals surface area contributed by atoms with Crippen LogP contribution >= 0.6 is 0 Å². The molecule has 0 amide bonds. The molecule has 1 unspecified atom stereocenters. The van der Waals surface area contributed by atoms with Gasteiger partial charge in [0.2, 0.25) is 0 Å². The lowest BCUT2D eigenvalue weighted by Crippen LogP contribution is -2.10. The lowest BCUT2D eigenvalue weighted by Gasteiger charge is -2.20. The van der Waals surface area contributed by atoms with Gasteiger partial charge in [-0.25, -0.2) is 4.21 Å². The normalized spacial score (nSPS) is 16.9. The van der Waals surface area contributed by atoms with E-state index in [9.17, 15) is 4.21 Å². The van der Waals surface area contributed by atoms with Gasteiger partial charge in [-0.1, -0.05) is 18.2 Å². The average molecular weight is 258 g/mol. The zero-order valence-corrected chi connectivity index (χ0v) is 11.2. The van der Waals surface area contributed by atoms with Gasteiger partial charge in [0.25, 0.3) is 0 Å². The highest BCUT2D eigenvalue weighted by Crippen LogP contribution is 2.35. The van der Waals surface area contributed by atoms with E-state index in [0.717, 1.165) is 38.7 Å². The monoisotopic (exact) mass is 258 g/mol. The summed E-state index contributed by atoms with van der Waals surface area (Å²) in [6.45, 7) is 1.98. The van der Waals surface area contributed by atoms with E-state index in [1.807, 2.05) is 43.3 Å². The molecule has 1 atom stereocenters. The quantitative estimate of drug-likeness (QED) is 0.670. The maximum absolute atomic E-state index is 12.5. The van der Waals surface area contributed by atoms with Gasteiger partial charge in [0, 0.05) is 9.79 Å². The van der Waals surface area contributed by atoms with Crippen LogP contribution in [-0.4, -0.2) is 11.3 Å². The van der Waals surface area contributed by atoms with E-state index in [-0.39, 0.29) is 0 Å². The molecule has 0 bridgehead atoms. The molecule has 2 aromatic rings. The molecule has 0 spiro atoms. The van der Waals surface area contributed by atoms with Crippen molar-refractivity contribution in [1.82, 2.24) is 0 Å². The molecular formula is C15H14O2S. The Morgan fingerprint density at radius 1 is 1.11 bits per heavy atom. The summed E-state index contributed by atoms with van der Waals surface area (Å²) in [6, 6.07) is 11.9. The first-order chi connectivity index (χ1) is 8.70. The Labute approximate surface area is 109 Å². The second-order valence-corrected chi connectivity index (χ2v) is 5.90. The lowest BCUT2D eigenvalue weighted by molar-refractivity contribution is 0.410. The van der Waals surface area contributed by atoms with Crippen molar-refractivity contribution < 1.29 is 8.95 Å². The summed E-state index contributed by atoms with van der Waals surface area (Å²) in [5.41, 5.74) is 3.28. The number of ether oxygens (including phenoxy) is 1. The number of fused-ring (bicyclic) bond motifs is 2. The molecule has 1 aliphatic rings. The summed E-state index contributed by atoms with van der Waals surface area (Å²) in [5.74, 6) is 0.866. The molecular weight excluding hydrogens is 244 g/mol. The SMILES string of the molecule is COc1cc2c(cc1C)S(=O)c1ccccc1C2. The number of benzene rings is 2. The lowest BCUT2D eigenvalue weighted by atomic mass is 10.0. The summed E-state index contributed by atoms with van der Waals surface area (Å²) < 4.78 is 17.9. The minimum absolute atomic E-state index is 0.827. The van der Waals surface area contributed by atoms with Crippen LogP contribution in [-0.2, 0) is 17.2 Å². The molecule has 2 nitrogen and oxygen atoms in total. The van der Waals surface area contributed by atoms with E-state index in [2.05, 4.69) is 0 Å². The Hall–Kier alpha value is -1.61. The molecule has 3 heteroatoms. The molecule has 0 radical (unpaired) electrons. The molecule has 0 aliphatic carbocycles. The van der Waals surface area contributed by atoms with Gasteiger partial charge in [-0.05, 0) is 48.2 Å². The van der Waals surface area contributed by atoms with Crippen molar-refractivity contribution in [2.45, 2.75) is 23.1 Å². The maximum atomic E-state index is 12.5. The number of methoxy groups -OCH3 is 1. The van der Waals surface area contributed by atoms with Crippen molar-refractivity contribution in [3.05, 3.63) is 53.1 Å². The third-order valence-electron chi connectivity index (χ3n) is 3.33. The smallest absolute Gasteiger partial charge is 0.122 e. The number of aryl methyl sites for hydroxylation is 1. The van der Waals surface area contributed by atoms with Gasteiger partial charge in [0.05, 0.1) is 17.9 Å². The number of hydrogen-bond acceptors (Lipinski definition) is 2. The highest BCUT2D eigenvalue weighted by molar-refractivity contribution is 7.85. The molecule has 0 saturated heterocycles. The van der Waals surface area contributed by atoms with E-state index < -0.39 is 10.8 Å². The Balaban J connectivity index is 2.19. The number of rotatable bonds is 1. The summed E-state index contributed by atoms with van der Waals surface area (Å²) in [6.07, 6.45) is 0.827. The van der Waals surface area contributed by atoms with Crippen molar-refractivity contribution >= 4 is 10.8 Å². The molecule has 0 aromatic heterocycles. The van der Waals surface area contributed by atoms with E-state index in [1.165, 1.54) is 0 Å². The van der Waals surface area contributed by atoms with Gasteiger partial charge < -0.3 is 4.74 Å². The summed E-state index contributed by atoms with van der Waals surface area (Å²) in [4.78, 5) is 1.86. The van der Waals surface area contributed by atoms with E-state index >= 15 is 0 Å². The van der Waals surface area contributed by atoms with Crippen LogP contribution in [0.4, 0.5) is 0 Å². The third kappa shape index (κ3) is 1.66. The van der Waals surface area contributed by atoms with Crippen molar-refractivity contribution in [3.8, 4) is 5.75 Å². The van der Waals surface area contributed by atoms with E-state index in [4.69, 9.17) is 4.74 Å². The van der Waals surface area contributed by atoms with Crippen molar-refractivity contribution in [1.29, 1.82) is 0 Å². The maximum Gasteiger partial charge on any atom is 0.122 e. The average Bonchev–Trinajstić information content (AvgIpc) is 2.39. The van der Waals surface area contributed by atoms with E-state index in [0.29, 0.717) is 0 Å². The van der Waals surface area contributed by atoms with Gasteiger partial charge in [-0.2, -0.15) is 0 Å². The highest BCUT2D eigenvalue weighted by atomic mass is 32.2. The first kappa shape index (κ1) is 11.5. The zero-order valence-electron chi connectivity index (χ0n) is 10.4. The highest BCUT2D eigenvalue weighted by Gasteiger charge is 2.22. The molecule has 1 aliphatic heterocycles. The van der Waals surface area contributed by atoms with Crippen molar-refractivity contribution in [3.63, 3.8) is 0 Å². The van der Waals surface area contributed by atoms with E-state index in [1.54, 1.807) is 7.11 Å². The molecule has 2 aromatic carbocycles. The van der Waals surface area contributed by atoms with Gasteiger partial charge in [0.1, 0.15) is 5.75 Å². The van der Waals surface area contributed by atoms with Crippen LogP contribution in [0.2, 0.25) is 0 Å². The van der Waals surface area contributed by atoms with Crippen LogP contribution in [0.1, 0.15) is 16.7 Å². The fraction of sp³-hybridized carbons (Fsp3) is 0.200. The fourth-order valence-corrected chi connectivity index (χ4v) is 3.86. The molecule has 0 N–H and O–H groups in total. The van der Waals surface area contributed by atoms with Crippen LogP contribution in [0, 0.1) is 6.92 Å². The van der Waals surface area contributed by atoms with Crippen LogP contribution in [0.15, 0.2) is 46.2 Å². The summed E-state index contributed by atoms with van der Waals surface area (Å²) >= 11 is 0. The summed E-state index contributed by atoms with van der Waals surface area (Å²) in [7, 11) is 0.603. The fourth-order valence-electron chi connectivity index (χ4n) is 2.39. The molecule has 92 valence electrons. The van der Waals surface area contributed by atoms with Crippen LogP contribution in [0.25, 0.3) is 0 Å². The van der Waals surface area contributed by atoms with Gasteiger partial charge >= 0.3 is 0 Å². The second-order valence-electron chi connectivity index (χ2n) is 4.48. The van der Waals surface area contributed by atoms with Gasteiger partial charge in [-0.15, -0.1) is 0 Å². The number of hydrogen-bond donors (Lipinski definition) is 0. The minimum atomic E-state index is -1.07. The third-order valence-corrected chi connectivity index (χ3v) is 4.91. The molecule has 18 heavy (non-hydrogen) atoms. The molecule has 0 fully saturated rings. The van der Waals surface area contributed by atoms with Crippen molar-refractivity contribution in [2.75, 3.05) is 7.11 Å². The van der Waals surface area contributed by atoms with Gasteiger partial charge in [0.15, 0.2) is 0 Å². The Morgan fingerprint density at radius 3 is 2.67 bits per heavy atom. The minimum Gasteiger partial charge on any atom is -0.496 e. The zero-order chi connectivity index (χ0) is 12.7. The topological polar surface area (TPSA) is 26.3 Å². The van der Waals surface area contributed by atoms with Crippen LogP contribution in [0.3, 0.4) is 0 Å². The van der Waals surface area contributed by atoms with Crippen LogP contribution < -0.4 is 4.74 Å². The standard InChI is InChI=1S/C15H14O2S/c1-10-7-15-12(9-13(10)17-2)8-11-5-3-4-6-14(11)18(15)16/h3-7,9H,8H2,1-2H3.